The van der Waals surface area contributed by atoms with E-state index < -0.39 is 0 Å². The molecule has 2 aromatic carbocycles. The lowest BCUT2D eigenvalue weighted by Crippen LogP contribution is -2.49. The minimum Gasteiger partial charge on any atom is -0.366 e. The molecule has 7 nitrogen and oxygen atoms in total. The zero-order valence-corrected chi connectivity index (χ0v) is 24.6. The Hall–Kier alpha value is -3.94. The summed E-state index contributed by atoms with van der Waals surface area (Å²) in [6.45, 7) is 6.71. The third-order valence-corrected chi connectivity index (χ3v) is 8.78. The van der Waals surface area contributed by atoms with Crippen LogP contribution in [0.25, 0.3) is 6.08 Å². The lowest BCUT2D eigenvalue weighted by molar-refractivity contribution is -0.122. The highest BCUT2D eigenvalue weighted by Gasteiger charge is 2.34. The van der Waals surface area contributed by atoms with Crippen LogP contribution in [0.5, 0.6) is 0 Å². The van der Waals surface area contributed by atoms with Gasteiger partial charge in [0.1, 0.15) is 27.6 Å². The number of aromatic nitrogens is 1. The molecular weight excluding hydrogens is 558 g/mol. The van der Waals surface area contributed by atoms with Crippen molar-refractivity contribution in [1.29, 1.82) is 5.26 Å². The van der Waals surface area contributed by atoms with E-state index in [0.717, 1.165) is 5.56 Å². The zero-order chi connectivity index (χ0) is 29.1. The zero-order valence-electron chi connectivity index (χ0n) is 23.0. The Bertz CT molecular complexity index is 1620. The van der Waals surface area contributed by atoms with Gasteiger partial charge in [-0.1, -0.05) is 73.4 Å². The molecule has 2 saturated heterocycles. The van der Waals surface area contributed by atoms with Crippen LogP contribution >= 0.6 is 24.0 Å². The molecule has 1 aromatic heterocycles. The maximum atomic E-state index is 14.5. The van der Waals surface area contributed by atoms with Gasteiger partial charge < -0.3 is 9.80 Å². The molecule has 0 N–H and O–H groups in total. The number of carbonyl (C=O) groups is 1. The quantitative estimate of drug-likeness (QED) is 0.274. The number of hydrogen-bond donors (Lipinski definition) is 0. The number of nitriles is 1. The minimum atomic E-state index is -0.341. The summed E-state index contributed by atoms with van der Waals surface area (Å²) in [4.78, 5) is 33.2. The number of halogens is 1. The number of amides is 1. The first-order valence-corrected chi connectivity index (χ1v) is 14.8. The SMILES string of the molecule is CCCn1c(N2CCN(c3ccccc3F)CC2)c(C=C2SC(=S)N(Cc3ccccc3)C2=O)c(C)c(C#N)c1=O. The van der Waals surface area contributed by atoms with Crippen LogP contribution < -0.4 is 15.4 Å². The van der Waals surface area contributed by atoms with Gasteiger partial charge in [0.15, 0.2) is 0 Å². The molecule has 1 amide bonds. The number of nitrogens with zero attached hydrogens (tertiary/aromatic N) is 5. The number of pyridine rings is 1. The van der Waals surface area contributed by atoms with Crippen LogP contribution in [0.4, 0.5) is 15.9 Å². The van der Waals surface area contributed by atoms with Crippen molar-refractivity contribution >= 4 is 51.8 Å². The molecule has 10 heteroatoms. The van der Waals surface area contributed by atoms with Crippen LogP contribution in [0.3, 0.4) is 0 Å². The van der Waals surface area contributed by atoms with E-state index in [1.165, 1.54) is 17.8 Å². The van der Waals surface area contributed by atoms with E-state index in [9.17, 15) is 19.2 Å². The Morgan fingerprint density at radius 3 is 2.34 bits per heavy atom. The number of hydrogen-bond acceptors (Lipinski definition) is 7. The molecule has 2 aliphatic rings. The van der Waals surface area contributed by atoms with Gasteiger partial charge in [0, 0.05) is 38.3 Å². The Morgan fingerprint density at radius 2 is 1.68 bits per heavy atom. The van der Waals surface area contributed by atoms with Crippen molar-refractivity contribution in [2.75, 3.05) is 36.0 Å². The maximum Gasteiger partial charge on any atom is 0.270 e. The summed E-state index contributed by atoms with van der Waals surface area (Å²) >= 11 is 6.81. The number of anilines is 2. The van der Waals surface area contributed by atoms with Crippen LogP contribution in [0, 0.1) is 24.1 Å². The van der Waals surface area contributed by atoms with Gasteiger partial charge in [-0.3, -0.25) is 19.1 Å². The highest BCUT2D eigenvalue weighted by Crippen LogP contribution is 2.37. The second kappa shape index (κ2) is 12.3. The van der Waals surface area contributed by atoms with Crippen LogP contribution in [0.2, 0.25) is 0 Å². The fourth-order valence-corrected chi connectivity index (χ4v) is 6.55. The molecule has 3 heterocycles. The predicted octanol–water partition coefficient (Wildman–Crippen LogP) is 5.31. The lowest BCUT2D eigenvalue weighted by Gasteiger charge is -2.39. The Labute approximate surface area is 248 Å². The van der Waals surface area contributed by atoms with Gasteiger partial charge in [0.25, 0.3) is 11.5 Å². The van der Waals surface area contributed by atoms with Gasteiger partial charge in [-0.2, -0.15) is 5.26 Å². The van der Waals surface area contributed by atoms with Crippen LogP contribution in [0.1, 0.15) is 35.6 Å². The van der Waals surface area contributed by atoms with Crippen LogP contribution in [-0.2, 0) is 17.9 Å². The van der Waals surface area contributed by atoms with Gasteiger partial charge in [0.2, 0.25) is 0 Å². The van der Waals surface area contributed by atoms with Crippen molar-refractivity contribution in [3.8, 4) is 6.07 Å². The number of carbonyl (C=O) groups excluding carboxylic acids is 1. The van der Waals surface area contributed by atoms with Crippen molar-refractivity contribution in [3.63, 3.8) is 0 Å². The summed E-state index contributed by atoms with van der Waals surface area (Å²) in [7, 11) is 0. The first kappa shape index (κ1) is 28.6. The highest BCUT2D eigenvalue weighted by molar-refractivity contribution is 8.26. The third kappa shape index (κ3) is 5.65. The van der Waals surface area contributed by atoms with Gasteiger partial charge >= 0.3 is 0 Å². The summed E-state index contributed by atoms with van der Waals surface area (Å²) in [6, 6.07) is 18.5. The van der Waals surface area contributed by atoms with E-state index in [1.807, 2.05) is 48.2 Å². The Morgan fingerprint density at radius 1 is 1.02 bits per heavy atom. The fourth-order valence-electron chi connectivity index (χ4n) is 5.32. The standard InChI is InChI=1S/C31H30FN5O2S2/c1-3-13-36-28(35-16-14-34(15-17-35)26-12-8-7-11-25(26)32)23(21(2)24(19-33)29(36)38)18-27-30(39)37(31(40)41-27)20-22-9-5-4-6-10-22/h4-12,18H,3,13-17,20H2,1-2H3. The van der Waals surface area contributed by atoms with Crippen molar-refractivity contribution in [3.05, 3.63) is 97.9 Å². The van der Waals surface area contributed by atoms with E-state index >= 15 is 0 Å². The summed E-state index contributed by atoms with van der Waals surface area (Å²) in [5, 5.41) is 9.92. The summed E-state index contributed by atoms with van der Waals surface area (Å²) in [6.07, 6.45) is 2.47. The number of para-hydroxylation sites is 1. The van der Waals surface area contributed by atoms with Gasteiger partial charge in [-0.05, 0) is 42.7 Å². The molecule has 0 bridgehead atoms. The van der Waals surface area contributed by atoms with Crippen molar-refractivity contribution in [1.82, 2.24) is 9.47 Å². The summed E-state index contributed by atoms with van der Waals surface area (Å²) < 4.78 is 16.6. The molecular formula is C31H30FN5O2S2. The average Bonchev–Trinajstić information content (AvgIpc) is 3.24. The normalized spacial score (nSPS) is 16.5. The fraction of sp³-hybridized carbons (Fsp3) is 0.290. The molecule has 0 atom stereocenters. The number of benzene rings is 2. The van der Waals surface area contributed by atoms with Crippen molar-refractivity contribution in [2.24, 2.45) is 0 Å². The van der Waals surface area contributed by atoms with Crippen LogP contribution in [0.15, 0.2) is 64.3 Å². The first-order valence-electron chi connectivity index (χ1n) is 13.5. The highest BCUT2D eigenvalue weighted by atomic mass is 32.2. The number of piperazine rings is 1. The molecule has 0 radical (unpaired) electrons. The molecule has 0 unspecified atom stereocenters. The Kier molecular flexibility index (Phi) is 8.57. The van der Waals surface area contributed by atoms with E-state index in [4.69, 9.17) is 12.2 Å². The maximum absolute atomic E-state index is 14.5. The monoisotopic (exact) mass is 587 g/mol. The minimum absolute atomic E-state index is 0.0678. The molecule has 2 aliphatic heterocycles. The van der Waals surface area contributed by atoms with E-state index in [0.29, 0.717) is 77.5 Å². The molecule has 0 saturated carbocycles. The van der Waals surface area contributed by atoms with Crippen LogP contribution in [-0.4, -0.2) is 45.9 Å². The van der Waals surface area contributed by atoms with Crippen molar-refractivity contribution < 1.29 is 9.18 Å². The van der Waals surface area contributed by atoms with Crippen molar-refractivity contribution in [2.45, 2.75) is 33.4 Å². The van der Waals surface area contributed by atoms with E-state index in [1.54, 1.807) is 34.6 Å². The largest absolute Gasteiger partial charge is 0.366 e. The Balaban J connectivity index is 1.54. The van der Waals surface area contributed by atoms with E-state index in [-0.39, 0.29) is 22.8 Å². The number of thioether (sulfide) groups is 1. The lowest BCUT2D eigenvalue weighted by atomic mass is 10.0. The molecule has 5 rings (SSSR count). The van der Waals surface area contributed by atoms with Gasteiger partial charge in [-0.15, -0.1) is 0 Å². The molecule has 0 aliphatic carbocycles. The third-order valence-electron chi connectivity index (χ3n) is 7.40. The first-order chi connectivity index (χ1) is 19.8. The number of thiocarbonyl (C=S) groups is 1. The molecule has 0 spiro atoms. The summed E-state index contributed by atoms with van der Waals surface area (Å²) in [5.74, 6) is 0.205. The molecule has 210 valence electrons. The predicted molar refractivity (Wildman–Crippen MR) is 166 cm³/mol. The summed E-state index contributed by atoms with van der Waals surface area (Å²) in [5.41, 5.74) is 2.44. The topological polar surface area (TPSA) is 72.6 Å². The molecule has 3 aromatic rings. The smallest absolute Gasteiger partial charge is 0.270 e. The second-order valence-corrected chi connectivity index (χ2v) is 11.7. The molecule has 2 fully saturated rings. The number of rotatable bonds is 7. The van der Waals surface area contributed by atoms with E-state index in [2.05, 4.69) is 11.0 Å². The second-order valence-electron chi connectivity index (χ2n) is 9.98. The van der Waals surface area contributed by atoms with Gasteiger partial charge in [-0.25, -0.2) is 4.39 Å². The molecule has 41 heavy (non-hydrogen) atoms. The van der Waals surface area contributed by atoms with Gasteiger partial charge in [0.05, 0.1) is 17.1 Å². The average molecular weight is 588 g/mol.